The summed E-state index contributed by atoms with van der Waals surface area (Å²) in [5, 5.41) is 8.47. The van der Waals surface area contributed by atoms with Gasteiger partial charge in [0.1, 0.15) is 0 Å². The molecule has 1 aliphatic heterocycles. The van der Waals surface area contributed by atoms with Crippen LogP contribution in [0.5, 0.6) is 11.5 Å². The van der Waals surface area contributed by atoms with Gasteiger partial charge in [-0.2, -0.15) is 0 Å². The molecule has 1 atom stereocenters. The number of carbonyl (C=O) groups is 2. The zero-order valence-corrected chi connectivity index (χ0v) is 16.3. The second-order valence-corrected chi connectivity index (χ2v) is 6.79. The van der Waals surface area contributed by atoms with Crippen molar-refractivity contribution in [1.82, 2.24) is 10.6 Å². The van der Waals surface area contributed by atoms with Crippen molar-refractivity contribution in [3.63, 3.8) is 0 Å². The van der Waals surface area contributed by atoms with Crippen molar-refractivity contribution in [3.05, 3.63) is 77.7 Å². The number of urea groups is 1. The maximum Gasteiger partial charge on any atom is 0.315 e. The molecule has 2 aromatic carbocycles. The highest BCUT2D eigenvalue weighted by molar-refractivity contribution is 6.02. The van der Waals surface area contributed by atoms with Gasteiger partial charge in [-0.25, -0.2) is 4.79 Å². The number of furan rings is 1. The number of carbonyl (C=O) groups excluding carboxylic acids is 2. The highest BCUT2D eigenvalue weighted by Crippen LogP contribution is 2.34. The average Bonchev–Trinajstić information content (AvgIpc) is 3.44. The summed E-state index contributed by atoms with van der Waals surface area (Å²) in [6.07, 6.45) is 1.45. The van der Waals surface area contributed by atoms with Gasteiger partial charge in [-0.15, -0.1) is 0 Å². The van der Waals surface area contributed by atoms with E-state index in [1.165, 1.54) is 6.26 Å². The largest absolute Gasteiger partial charge is 0.459 e. The zero-order chi connectivity index (χ0) is 20.9. The summed E-state index contributed by atoms with van der Waals surface area (Å²) in [6.45, 7) is 2.46. The minimum Gasteiger partial charge on any atom is -0.459 e. The van der Waals surface area contributed by atoms with Crippen LogP contribution in [0.4, 0.5) is 10.5 Å². The molecule has 30 heavy (non-hydrogen) atoms. The Balaban J connectivity index is 1.26. The SMILES string of the molecule is C[C@H](NC(=O)NCc1ccc(NC(=O)c2ccco2)cc1)c1ccc2c(c1)OCO2. The molecule has 1 aliphatic rings. The van der Waals surface area contributed by atoms with Crippen LogP contribution in [0, 0.1) is 0 Å². The molecule has 3 N–H and O–H groups in total. The van der Waals surface area contributed by atoms with Crippen molar-refractivity contribution in [3.8, 4) is 11.5 Å². The van der Waals surface area contributed by atoms with E-state index in [4.69, 9.17) is 13.9 Å². The standard InChI is InChI=1S/C22H21N3O5/c1-14(16-6-9-18-20(11-16)30-13-29-18)24-22(27)23-12-15-4-7-17(8-5-15)25-21(26)19-3-2-10-28-19/h2-11,14H,12-13H2,1H3,(H,25,26)(H2,23,24,27)/t14-/m0/s1. The van der Waals surface area contributed by atoms with Gasteiger partial charge in [0.15, 0.2) is 17.3 Å². The molecular weight excluding hydrogens is 386 g/mol. The van der Waals surface area contributed by atoms with E-state index < -0.39 is 0 Å². The molecule has 2 heterocycles. The van der Waals surface area contributed by atoms with Gasteiger partial charge < -0.3 is 29.8 Å². The van der Waals surface area contributed by atoms with Crippen LogP contribution in [0.2, 0.25) is 0 Å². The van der Waals surface area contributed by atoms with Gasteiger partial charge in [-0.1, -0.05) is 18.2 Å². The molecule has 0 bridgehead atoms. The summed E-state index contributed by atoms with van der Waals surface area (Å²) in [5.41, 5.74) is 2.46. The fourth-order valence-corrected chi connectivity index (χ4v) is 3.00. The van der Waals surface area contributed by atoms with Crippen molar-refractivity contribution < 1.29 is 23.5 Å². The number of nitrogens with one attached hydrogen (secondary N) is 3. The normalized spacial score (nSPS) is 12.8. The average molecular weight is 407 g/mol. The Hall–Kier alpha value is -3.94. The summed E-state index contributed by atoms with van der Waals surface area (Å²) in [5.74, 6) is 1.32. The van der Waals surface area contributed by atoms with Crippen LogP contribution in [0.1, 0.15) is 34.6 Å². The van der Waals surface area contributed by atoms with Gasteiger partial charge in [0.05, 0.1) is 12.3 Å². The number of fused-ring (bicyclic) bond motifs is 1. The smallest absolute Gasteiger partial charge is 0.315 e. The number of benzene rings is 2. The quantitative estimate of drug-likeness (QED) is 0.577. The van der Waals surface area contributed by atoms with Crippen LogP contribution in [-0.4, -0.2) is 18.7 Å². The van der Waals surface area contributed by atoms with Crippen molar-refractivity contribution in [1.29, 1.82) is 0 Å². The fraction of sp³-hybridized carbons (Fsp3) is 0.182. The van der Waals surface area contributed by atoms with E-state index in [1.54, 1.807) is 24.3 Å². The third-order valence-electron chi connectivity index (χ3n) is 4.65. The first kappa shape index (κ1) is 19.4. The van der Waals surface area contributed by atoms with Gasteiger partial charge >= 0.3 is 6.03 Å². The first-order valence-electron chi connectivity index (χ1n) is 9.46. The van der Waals surface area contributed by atoms with Crippen LogP contribution < -0.4 is 25.4 Å². The number of hydrogen-bond donors (Lipinski definition) is 3. The van der Waals surface area contributed by atoms with Crippen LogP contribution in [0.15, 0.2) is 65.3 Å². The summed E-state index contributed by atoms with van der Waals surface area (Å²) in [4.78, 5) is 24.2. The minimum absolute atomic E-state index is 0.196. The van der Waals surface area contributed by atoms with E-state index in [1.807, 2.05) is 37.3 Å². The van der Waals surface area contributed by atoms with Crippen molar-refractivity contribution in [2.24, 2.45) is 0 Å². The molecule has 0 saturated carbocycles. The second kappa shape index (κ2) is 8.60. The van der Waals surface area contributed by atoms with Gasteiger partial charge in [0.2, 0.25) is 6.79 Å². The van der Waals surface area contributed by atoms with Gasteiger partial charge in [-0.05, 0) is 54.4 Å². The predicted molar refractivity (Wildman–Crippen MR) is 109 cm³/mol. The summed E-state index contributed by atoms with van der Waals surface area (Å²) >= 11 is 0. The molecule has 0 aliphatic carbocycles. The van der Waals surface area contributed by atoms with Crippen molar-refractivity contribution in [2.45, 2.75) is 19.5 Å². The molecular formula is C22H21N3O5. The predicted octanol–water partition coefficient (Wildman–Crippen LogP) is 3.82. The fourth-order valence-electron chi connectivity index (χ4n) is 3.00. The van der Waals surface area contributed by atoms with Gasteiger partial charge in [0.25, 0.3) is 5.91 Å². The first-order valence-corrected chi connectivity index (χ1v) is 9.46. The molecule has 0 radical (unpaired) electrons. The topological polar surface area (TPSA) is 102 Å². The van der Waals surface area contributed by atoms with E-state index in [-0.39, 0.29) is 30.5 Å². The highest BCUT2D eigenvalue weighted by atomic mass is 16.7. The number of anilines is 1. The Labute approximate surface area is 173 Å². The van der Waals surface area contributed by atoms with Gasteiger partial charge in [0, 0.05) is 12.2 Å². The van der Waals surface area contributed by atoms with Crippen LogP contribution >= 0.6 is 0 Å². The highest BCUT2D eigenvalue weighted by Gasteiger charge is 2.16. The molecule has 8 heteroatoms. The first-order chi connectivity index (χ1) is 14.6. The maximum absolute atomic E-state index is 12.2. The van der Waals surface area contributed by atoms with Gasteiger partial charge in [-0.3, -0.25) is 4.79 Å². The van der Waals surface area contributed by atoms with Crippen LogP contribution in [0.25, 0.3) is 0 Å². The molecule has 0 unspecified atom stereocenters. The minimum atomic E-state index is -0.317. The van der Waals surface area contributed by atoms with E-state index in [0.717, 1.165) is 11.1 Å². The Bertz CT molecular complexity index is 1030. The van der Waals surface area contributed by atoms with E-state index in [2.05, 4.69) is 16.0 Å². The molecule has 1 aromatic heterocycles. The maximum atomic E-state index is 12.2. The lowest BCUT2D eigenvalue weighted by Crippen LogP contribution is -2.36. The summed E-state index contributed by atoms with van der Waals surface area (Å²) in [6, 6.07) is 15.6. The summed E-state index contributed by atoms with van der Waals surface area (Å²) in [7, 11) is 0. The number of hydrogen-bond acceptors (Lipinski definition) is 5. The van der Waals surface area contributed by atoms with Crippen molar-refractivity contribution in [2.75, 3.05) is 12.1 Å². The lowest BCUT2D eigenvalue weighted by molar-refractivity contribution is 0.0996. The third-order valence-corrected chi connectivity index (χ3v) is 4.65. The van der Waals surface area contributed by atoms with E-state index >= 15 is 0 Å². The van der Waals surface area contributed by atoms with Crippen LogP contribution in [0.3, 0.4) is 0 Å². The Kier molecular flexibility index (Phi) is 5.56. The summed E-state index contributed by atoms with van der Waals surface area (Å²) < 4.78 is 15.7. The Morgan fingerprint density at radius 2 is 1.83 bits per heavy atom. The third kappa shape index (κ3) is 4.54. The molecule has 154 valence electrons. The number of rotatable bonds is 6. The molecule has 3 aromatic rings. The Morgan fingerprint density at radius 1 is 1.03 bits per heavy atom. The molecule has 0 fully saturated rings. The molecule has 0 spiro atoms. The zero-order valence-electron chi connectivity index (χ0n) is 16.3. The van der Waals surface area contributed by atoms with E-state index in [9.17, 15) is 9.59 Å². The molecule has 3 amide bonds. The lowest BCUT2D eigenvalue weighted by Gasteiger charge is -2.15. The number of ether oxygens (including phenoxy) is 2. The van der Waals surface area contributed by atoms with E-state index in [0.29, 0.717) is 23.7 Å². The molecule has 0 saturated heterocycles. The Morgan fingerprint density at radius 3 is 2.60 bits per heavy atom. The lowest BCUT2D eigenvalue weighted by atomic mass is 10.1. The van der Waals surface area contributed by atoms with Crippen LogP contribution in [-0.2, 0) is 6.54 Å². The molecule has 8 nitrogen and oxygen atoms in total. The molecule has 4 rings (SSSR count). The number of amides is 3. The monoisotopic (exact) mass is 407 g/mol. The van der Waals surface area contributed by atoms with Crippen molar-refractivity contribution >= 4 is 17.6 Å². The second-order valence-electron chi connectivity index (χ2n) is 6.79.